The molecule has 110 valence electrons. The third-order valence-electron chi connectivity index (χ3n) is 3.19. The molecule has 0 heterocycles. The summed E-state index contributed by atoms with van der Waals surface area (Å²) in [5.74, 6) is 0.762. The minimum atomic E-state index is -0.0271. The van der Waals surface area contributed by atoms with Gasteiger partial charge < -0.3 is 10.1 Å². The van der Waals surface area contributed by atoms with Crippen LogP contribution in [0.15, 0.2) is 48.5 Å². The number of anilines is 1. The maximum atomic E-state index is 12.2. The van der Waals surface area contributed by atoms with Gasteiger partial charge in [-0.1, -0.05) is 46.3 Å². The molecule has 3 nitrogen and oxygen atoms in total. The van der Waals surface area contributed by atoms with E-state index in [1.807, 2.05) is 55.5 Å². The summed E-state index contributed by atoms with van der Waals surface area (Å²) in [7, 11) is 1.63. The minimum absolute atomic E-state index is 0.0271. The number of hydrogen-bond acceptors (Lipinski definition) is 2. The third-order valence-corrected chi connectivity index (χ3v) is 3.68. The van der Waals surface area contributed by atoms with Gasteiger partial charge in [0.1, 0.15) is 5.75 Å². The molecule has 0 aromatic heterocycles. The number of nitrogens with one attached hydrogen (secondary N) is 1. The van der Waals surface area contributed by atoms with E-state index in [0.29, 0.717) is 6.42 Å². The van der Waals surface area contributed by atoms with Gasteiger partial charge in [0.25, 0.3) is 0 Å². The van der Waals surface area contributed by atoms with Crippen LogP contribution in [-0.2, 0) is 11.2 Å². The van der Waals surface area contributed by atoms with E-state index in [-0.39, 0.29) is 10.7 Å². The Morgan fingerprint density at radius 1 is 1.19 bits per heavy atom. The number of halogens is 1. The lowest BCUT2D eigenvalue weighted by Crippen LogP contribution is -2.15. The highest BCUT2D eigenvalue weighted by Crippen LogP contribution is 2.28. The van der Waals surface area contributed by atoms with E-state index < -0.39 is 0 Å². The lowest BCUT2D eigenvalue weighted by atomic mass is 10.1. The van der Waals surface area contributed by atoms with Crippen molar-refractivity contribution in [1.29, 1.82) is 0 Å². The zero-order valence-corrected chi connectivity index (χ0v) is 13.7. The lowest BCUT2D eigenvalue weighted by Gasteiger charge is -2.12. The quantitative estimate of drug-likeness (QED) is 0.817. The van der Waals surface area contributed by atoms with Gasteiger partial charge in [-0.05, 0) is 36.2 Å². The van der Waals surface area contributed by atoms with E-state index in [9.17, 15) is 4.79 Å². The SMILES string of the molecule is COc1ccc(CC(=O)Nc2ccccc2C(C)Br)cc1. The van der Waals surface area contributed by atoms with Crippen molar-refractivity contribution < 1.29 is 9.53 Å². The van der Waals surface area contributed by atoms with E-state index in [0.717, 1.165) is 22.6 Å². The number of carbonyl (C=O) groups excluding carboxylic acids is 1. The first-order valence-corrected chi connectivity index (χ1v) is 7.67. The monoisotopic (exact) mass is 347 g/mol. The van der Waals surface area contributed by atoms with E-state index in [1.165, 1.54) is 0 Å². The van der Waals surface area contributed by atoms with Gasteiger partial charge in [-0.3, -0.25) is 4.79 Å². The van der Waals surface area contributed by atoms with Crippen molar-refractivity contribution in [3.8, 4) is 5.75 Å². The van der Waals surface area contributed by atoms with Gasteiger partial charge in [0, 0.05) is 10.5 Å². The number of alkyl halides is 1. The van der Waals surface area contributed by atoms with Crippen molar-refractivity contribution in [2.24, 2.45) is 0 Å². The Labute approximate surface area is 133 Å². The second-order valence-corrected chi connectivity index (χ2v) is 6.15. The average molecular weight is 348 g/mol. The zero-order valence-electron chi connectivity index (χ0n) is 12.1. The first-order chi connectivity index (χ1) is 10.1. The van der Waals surface area contributed by atoms with E-state index in [4.69, 9.17) is 4.74 Å². The number of para-hydroxylation sites is 1. The number of rotatable bonds is 5. The number of hydrogen-bond donors (Lipinski definition) is 1. The van der Waals surface area contributed by atoms with Crippen molar-refractivity contribution in [1.82, 2.24) is 0 Å². The normalized spacial score (nSPS) is 11.8. The molecule has 2 rings (SSSR count). The molecule has 21 heavy (non-hydrogen) atoms. The molecular formula is C17H18BrNO2. The molecule has 1 amide bonds. The summed E-state index contributed by atoms with van der Waals surface area (Å²) in [6.45, 7) is 2.04. The number of ether oxygens (including phenoxy) is 1. The highest BCUT2D eigenvalue weighted by Gasteiger charge is 2.10. The molecular weight excluding hydrogens is 330 g/mol. The number of carbonyl (C=O) groups is 1. The van der Waals surface area contributed by atoms with Crippen LogP contribution < -0.4 is 10.1 Å². The molecule has 1 N–H and O–H groups in total. The molecule has 0 aliphatic carbocycles. The van der Waals surface area contributed by atoms with Crippen LogP contribution in [0.5, 0.6) is 5.75 Å². The van der Waals surface area contributed by atoms with Crippen molar-refractivity contribution in [2.45, 2.75) is 18.2 Å². The largest absolute Gasteiger partial charge is 0.497 e. The molecule has 0 saturated carbocycles. The molecule has 0 aliphatic heterocycles. The molecule has 0 radical (unpaired) electrons. The topological polar surface area (TPSA) is 38.3 Å². The molecule has 0 aliphatic rings. The molecule has 0 bridgehead atoms. The fourth-order valence-electron chi connectivity index (χ4n) is 2.08. The van der Waals surface area contributed by atoms with Crippen LogP contribution in [0, 0.1) is 0 Å². The van der Waals surface area contributed by atoms with Gasteiger partial charge in [0.05, 0.1) is 13.5 Å². The van der Waals surface area contributed by atoms with Crippen LogP contribution in [0.3, 0.4) is 0 Å². The summed E-state index contributed by atoms with van der Waals surface area (Å²) in [4.78, 5) is 12.3. The highest BCUT2D eigenvalue weighted by atomic mass is 79.9. The maximum Gasteiger partial charge on any atom is 0.228 e. The summed E-state index contributed by atoms with van der Waals surface area (Å²) < 4.78 is 5.11. The fraction of sp³-hybridized carbons (Fsp3) is 0.235. The third kappa shape index (κ3) is 4.33. The van der Waals surface area contributed by atoms with Crippen LogP contribution in [0.25, 0.3) is 0 Å². The van der Waals surface area contributed by atoms with E-state index in [1.54, 1.807) is 7.11 Å². The Morgan fingerprint density at radius 2 is 1.86 bits per heavy atom. The summed E-state index contributed by atoms with van der Waals surface area (Å²) in [5.41, 5.74) is 2.87. The van der Waals surface area contributed by atoms with Crippen molar-refractivity contribution in [3.63, 3.8) is 0 Å². The van der Waals surface area contributed by atoms with Gasteiger partial charge in [-0.25, -0.2) is 0 Å². The van der Waals surface area contributed by atoms with Crippen LogP contribution in [0.2, 0.25) is 0 Å². The first kappa shape index (κ1) is 15.6. The smallest absolute Gasteiger partial charge is 0.228 e. The van der Waals surface area contributed by atoms with Crippen LogP contribution in [-0.4, -0.2) is 13.0 Å². The Morgan fingerprint density at radius 3 is 2.48 bits per heavy atom. The average Bonchev–Trinajstić information content (AvgIpc) is 2.48. The molecule has 4 heteroatoms. The van der Waals surface area contributed by atoms with Gasteiger partial charge in [0.15, 0.2) is 0 Å². The molecule has 1 unspecified atom stereocenters. The predicted octanol–water partition coefficient (Wildman–Crippen LogP) is 4.33. The zero-order chi connectivity index (χ0) is 15.2. The molecule has 0 spiro atoms. The van der Waals surface area contributed by atoms with Gasteiger partial charge in [-0.15, -0.1) is 0 Å². The van der Waals surface area contributed by atoms with Gasteiger partial charge in [0.2, 0.25) is 5.91 Å². The summed E-state index contributed by atoms with van der Waals surface area (Å²) in [6, 6.07) is 15.3. The van der Waals surface area contributed by atoms with Gasteiger partial charge in [-0.2, -0.15) is 0 Å². The summed E-state index contributed by atoms with van der Waals surface area (Å²) in [5, 5.41) is 2.97. The standard InChI is InChI=1S/C17H18BrNO2/c1-12(18)15-5-3-4-6-16(15)19-17(20)11-13-7-9-14(21-2)10-8-13/h3-10,12H,11H2,1-2H3,(H,19,20). The van der Waals surface area contributed by atoms with Crippen molar-refractivity contribution >= 4 is 27.5 Å². The lowest BCUT2D eigenvalue weighted by molar-refractivity contribution is -0.115. The fourth-order valence-corrected chi connectivity index (χ4v) is 2.48. The van der Waals surface area contributed by atoms with Gasteiger partial charge >= 0.3 is 0 Å². The minimum Gasteiger partial charge on any atom is -0.497 e. The number of benzene rings is 2. The molecule has 0 fully saturated rings. The first-order valence-electron chi connectivity index (χ1n) is 6.76. The predicted molar refractivity (Wildman–Crippen MR) is 89.1 cm³/mol. The molecule has 2 aromatic carbocycles. The van der Waals surface area contributed by atoms with Crippen LogP contribution >= 0.6 is 15.9 Å². The van der Waals surface area contributed by atoms with Crippen LogP contribution in [0.4, 0.5) is 5.69 Å². The molecule has 1 atom stereocenters. The van der Waals surface area contributed by atoms with E-state index in [2.05, 4.69) is 21.2 Å². The van der Waals surface area contributed by atoms with Crippen molar-refractivity contribution in [3.05, 3.63) is 59.7 Å². The maximum absolute atomic E-state index is 12.2. The van der Waals surface area contributed by atoms with Crippen LogP contribution in [0.1, 0.15) is 22.9 Å². The Balaban J connectivity index is 2.04. The highest BCUT2D eigenvalue weighted by molar-refractivity contribution is 9.09. The van der Waals surface area contributed by atoms with Crippen molar-refractivity contribution in [2.75, 3.05) is 12.4 Å². The Kier molecular flexibility index (Phi) is 5.39. The summed E-state index contributed by atoms with van der Waals surface area (Å²) in [6.07, 6.45) is 0.342. The Hall–Kier alpha value is -1.81. The van der Waals surface area contributed by atoms with E-state index >= 15 is 0 Å². The number of amides is 1. The molecule has 2 aromatic rings. The second kappa shape index (κ2) is 7.27. The Bertz CT molecular complexity index is 608. The second-order valence-electron chi connectivity index (χ2n) is 4.78. The summed E-state index contributed by atoms with van der Waals surface area (Å²) >= 11 is 3.54. The molecule has 0 saturated heterocycles. The number of methoxy groups -OCH3 is 1.